The minimum atomic E-state index is -0.277. The molecule has 4 heteroatoms. The highest BCUT2D eigenvalue weighted by Gasteiger charge is 2.10. The summed E-state index contributed by atoms with van der Waals surface area (Å²) >= 11 is 0. The second-order valence-corrected chi connectivity index (χ2v) is 4.28. The molecule has 0 fully saturated rings. The van der Waals surface area contributed by atoms with Crippen molar-refractivity contribution in [3.8, 4) is 5.69 Å². The number of hydrogen-bond donors (Lipinski definition) is 1. The van der Waals surface area contributed by atoms with Gasteiger partial charge in [-0.15, -0.1) is 0 Å². The molecule has 1 heterocycles. The van der Waals surface area contributed by atoms with E-state index in [1.165, 1.54) is 6.07 Å². The fraction of sp³-hybridized carbons (Fsp3) is 0.308. The van der Waals surface area contributed by atoms with Crippen molar-refractivity contribution in [3.63, 3.8) is 0 Å². The lowest BCUT2D eigenvalue weighted by molar-refractivity contribution is 0.611. The molecule has 17 heavy (non-hydrogen) atoms. The van der Waals surface area contributed by atoms with Crippen LogP contribution in [0.15, 0.2) is 24.5 Å². The van der Waals surface area contributed by atoms with Crippen LogP contribution in [-0.4, -0.2) is 9.55 Å². The molecular weight excluding hydrogens is 217 g/mol. The highest BCUT2D eigenvalue weighted by atomic mass is 19.1. The number of rotatable bonds is 2. The molecule has 0 spiro atoms. The Morgan fingerprint density at radius 3 is 2.53 bits per heavy atom. The lowest BCUT2D eigenvalue weighted by Crippen LogP contribution is -2.07. The van der Waals surface area contributed by atoms with Crippen molar-refractivity contribution in [1.29, 1.82) is 0 Å². The summed E-state index contributed by atoms with van der Waals surface area (Å²) < 4.78 is 15.7. The summed E-state index contributed by atoms with van der Waals surface area (Å²) in [6, 6.07) is 4.90. The van der Waals surface area contributed by atoms with Gasteiger partial charge in [0.2, 0.25) is 0 Å². The van der Waals surface area contributed by atoms with E-state index >= 15 is 0 Å². The lowest BCUT2D eigenvalue weighted by Gasteiger charge is -2.10. The maximum Gasteiger partial charge on any atom is 0.147 e. The molecule has 0 bridgehead atoms. The van der Waals surface area contributed by atoms with Crippen molar-refractivity contribution >= 4 is 0 Å². The second kappa shape index (κ2) is 4.30. The Morgan fingerprint density at radius 1 is 1.35 bits per heavy atom. The molecule has 2 N–H and O–H groups in total. The maximum atomic E-state index is 14.0. The Balaban J connectivity index is 2.50. The molecule has 0 aliphatic heterocycles. The van der Waals surface area contributed by atoms with Gasteiger partial charge in [0.05, 0.1) is 17.7 Å². The normalized spacial score (nSPS) is 12.8. The van der Waals surface area contributed by atoms with Crippen LogP contribution >= 0.6 is 0 Å². The Bertz CT molecular complexity index is 544. The number of benzene rings is 1. The number of nitrogens with zero attached hydrogens (tertiary/aromatic N) is 2. The Hall–Kier alpha value is -1.68. The van der Waals surface area contributed by atoms with Crippen LogP contribution in [0.1, 0.15) is 29.9 Å². The van der Waals surface area contributed by atoms with E-state index in [4.69, 9.17) is 5.73 Å². The van der Waals surface area contributed by atoms with Crippen molar-refractivity contribution in [2.45, 2.75) is 26.8 Å². The van der Waals surface area contributed by atoms with Crippen LogP contribution in [-0.2, 0) is 0 Å². The largest absolute Gasteiger partial charge is 0.324 e. The molecule has 0 saturated heterocycles. The molecule has 0 saturated carbocycles. The summed E-state index contributed by atoms with van der Waals surface area (Å²) in [4.78, 5) is 4.16. The topological polar surface area (TPSA) is 43.8 Å². The third-order valence-corrected chi connectivity index (χ3v) is 3.01. The van der Waals surface area contributed by atoms with E-state index in [2.05, 4.69) is 4.98 Å². The number of nitrogens with two attached hydrogens (primary N) is 1. The first kappa shape index (κ1) is 11.8. The van der Waals surface area contributed by atoms with Gasteiger partial charge in [-0.25, -0.2) is 9.37 Å². The molecular formula is C13H16FN3. The van der Waals surface area contributed by atoms with Crippen LogP contribution < -0.4 is 5.73 Å². The van der Waals surface area contributed by atoms with Crippen molar-refractivity contribution in [3.05, 3.63) is 47.3 Å². The SMILES string of the molecule is Cc1ncn(-c2ccc([C@@H](C)N)cc2F)c1C. The third-order valence-electron chi connectivity index (χ3n) is 3.01. The summed E-state index contributed by atoms with van der Waals surface area (Å²) in [5.41, 5.74) is 8.86. The molecule has 0 radical (unpaired) electrons. The van der Waals surface area contributed by atoms with Gasteiger partial charge in [-0.2, -0.15) is 0 Å². The zero-order valence-corrected chi connectivity index (χ0v) is 10.2. The fourth-order valence-electron chi connectivity index (χ4n) is 1.74. The van der Waals surface area contributed by atoms with Crippen LogP contribution in [0.4, 0.5) is 4.39 Å². The molecule has 1 aromatic heterocycles. The highest BCUT2D eigenvalue weighted by molar-refractivity contribution is 5.39. The quantitative estimate of drug-likeness (QED) is 0.866. The van der Waals surface area contributed by atoms with Crippen molar-refractivity contribution in [2.24, 2.45) is 5.73 Å². The molecule has 2 rings (SSSR count). The maximum absolute atomic E-state index is 14.0. The van der Waals surface area contributed by atoms with Crippen LogP contribution in [0.2, 0.25) is 0 Å². The number of aryl methyl sites for hydroxylation is 1. The fourth-order valence-corrected chi connectivity index (χ4v) is 1.74. The molecule has 0 aliphatic rings. The number of imidazole rings is 1. The predicted octanol–water partition coefficient (Wildman–Crippen LogP) is 2.65. The predicted molar refractivity (Wildman–Crippen MR) is 65.6 cm³/mol. The molecule has 3 nitrogen and oxygen atoms in total. The number of aromatic nitrogens is 2. The smallest absolute Gasteiger partial charge is 0.147 e. The number of hydrogen-bond acceptors (Lipinski definition) is 2. The van der Waals surface area contributed by atoms with Crippen LogP contribution in [0, 0.1) is 19.7 Å². The van der Waals surface area contributed by atoms with Gasteiger partial charge in [0.25, 0.3) is 0 Å². The van der Waals surface area contributed by atoms with Crippen molar-refractivity contribution in [2.75, 3.05) is 0 Å². The zero-order chi connectivity index (χ0) is 12.6. The first-order valence-corrected chi connectivity index (χ1v) is 5.56. The summed E-state index contributed by atoms with van der Waals surface area (Å²) in [7, 11) is 0. The van der Waals surface area contributed by atoms with Gasteiger partial charge >= 0.3 is 0 Å². The molecule has 90 valence electrons. The number of halogens is 1. The van der Waals surface area contributed by atoms with Gasteiger partial charge in [-0.3, -0.25) is 0 Å². The lowest BCUT2D eigenvalue weighted by atomic mass is 10.1. The van der Waals surface area contributed by atoms with E-state index in [0.717, 1.165) is 17.0 Å². The molecule has 0 aliphatic carbocycles. The van der Waals surface area contributed by atoms with Crippen LogP contribution in [0.5, 0.6) is 0 Å². The van der Waals surface area contributed by atoms with Crippen molar-refractivity contribution < 1.29 is 4.39 Å². The first-order valence-electron chi connectivity index (χ1n) is 5.56. The average Bonchev–Trinajstić information content (AvgIpc) is 2.60. The van der Waals surface area contributed by atoms with E-state index in [-0.39, 0.29) is 11.9 Å². The van der Waals surface area contributed by atoms with E-state index in [1.54, 1.807) is 17.0 Å². The second-order valence-electron chi connectivity index (χ2n) is 4.28. The Labute approximate surface area is 100 Å². The van der Waals surface area contributed by atoms with Crippen LogP contribution in [0.25, 0.3) is 5.69 Å². The average molecular weight is 233 g/mol. The standard InChI is InChI=1S/C13H16FN3/c1-8(15)11-4-5-13(12(14)6-11)17-7-16-9(2)10(17)3/h4-8H,15H2,1-3H3/t8-/m1/s1. The molecule has 1 atom stereocenters. The van der Waals surface area contributed by atoms with E-state index in [1.807, 2.05) is 26.8 Å². The molecule has 0 unspecified atom stereocenters. The Kier molecular flexibility index (Phi) is 2.98. The van der Waals surface area contributed by atoms with E-state index in [0.29, 0.717) is 5.69 Å². The third kappa shape index (κ3) is 2.08. The molecule has 2 aromatic rings. The molecule has 0 amide bonds. The van der Waals surface area contributed by atoms with Gasteiger partial charge in [-0.05, 0) is 38.5 Å². The van der Waals surface area contributed by atoms with Gasteiger partial charge in [0.1, 0.15) is 5.82 Å². The highest BCUT2D eigenvalue weighted by Crippen LogP contribution is 2.20. The van der Waals surface area contributed by atoms with Crippen LogP contribution in [0.3, 0.4) is 0 Å². The summed E-state index contributed by atoms with van der Waals surface area (Å²) in [6.07, 6.45) is 1.63. The first-order chi connectivity index (χ1) is 8.00. The van der Waals surface area contributed by atoms with E-state index in [9.17, 15) is 4.39 Å². The van der Waals surface area contributed by atoms with Gasteiger partial charge in [0, 0.05) is 11.7 Å². The summed E-state index contributed by atoms with van der Waals surface area (Å²) in [5, 5.41) is 0. The van der Waals surface area contributed by atoms with Gasteiger partial charge in [-0.1, -0.05) is 6.07 Å². The van der Waals surface area contributed by atoms with Crippen molar-refractivity contribution in [1.82, 2.24) is 9.55 Å². The summed E-state index contributed by atoms with van der Waals surface area (Å²) in [5.74, 6) is -0.277. The minimum Gasteiger partial charge on any atom is -0.324 e. The minimum absolute atomic E-state index is 0.163. The van der Waals surface area contributed by atoms with E-state index < -0.39 is 0 Å². The van der Waals surface area contributed by atoms with Gasteiger partial charge < -0.3 is 10.3 Å². The zero-order valence-electron chi connectivity index (χ0n) is 10.2. The van der Waals surface area contributed by atoms with Gasteiger partial charge in [0.15, 0.2) is 0 Å². The monoisotopic (exact) mass is 233 g/mol. The summed E-state index contributed by atoms with van der Waals surface area (Å²) in [6.45, 7) is 5.66. The molecule has 1 aromatic carbocycles. The Morgan fingerprint density at radius 2 is 2.06 bits per heavy atom.